The lowest BCUT2D eigenvalue weighted by Crippen LogP contribution is -2.35. The summed E-state index contributed by atoms with van der Waals surface area (Å²) in [5.74, 6) is 0.730. The fraction of sp³-hybridized carbons (Fsp3) is 0.375. The highest BCUT2D eigenvalue weighted by atomic mass is 16.2. The van der Waals surface area contributed by atoms with Crippen molar-refractivity contribution in [2.24, 2.45) is 0 Å². The Bertz CT molecular complexity index is 1030. The molecule has 1 saturated carbocycles. The maximum atomic E-state index is 12.6. The number of nitrogens with one attached hydrogen (secondary N) is 2. The largest absolute Gasteiger partial charge is 0.352 e. The van der Waals surface area contributed by atoms with E-state index in [0.717, 1.165) is 35.3 Å². The number of nitrogens with zero attached hydrogens (tertiary/aromatic N) is 2. The van der Waals surface area contributed by atoms with Crippen LogP contribution in [0.1, 0.15) is 47.4 Å². The second kappa shape index (κ2) is 9.11. The summed E-state index contributed by atoms with van der Waals surface area (Å²) in [6.07, 6.45) is 5.06. The van der Waals surface area contributed by atoms with Crippen LogP contribution < -0.4 is 10.6 Å². The molecule has 1 fully saturated rings. The number of carbonyl (C=O) groups is 2. The summed E-state index contributed by atoms with van der Waals surface area (Å²) in [6, 6.07) is 15.6. The number of fused-ring (bicyclic) bond motifs is 1. The topological polar surface area (TPSA) is 76.0 Å². The first-order chi connectivity index (χ1) is 14.6. The third kappa shape index (κ3) is 4.70. The summed E-state index contributed by atoms with van der Waals surface area (Å²) < 4.78 is 1.97. The highest BCUT2D eigenvalue weighted by Crippen LogP contribution is 2.19. The molecule has 156 valence electrons. The number of aromatic nitrogens is 2. The Kier molecular flexibility index (Phi) is 6.12. The monoisotopic (exact) mass is 404 g/mol. The van der Waals surface area contributed by atoms with Crippen LogP contribution in [0.15, 0.2) is 48.5 Å². The maximum Gasteiger partial charge on any atom is 0.251 e. The molecule has 1 heterocycles. The molecule has 1 aromatic heterocycles. The molecular formula is C24H28N4O2. The molecule has 0 radical (unpaired) electrons. The molecule has 0 atom stereocenters. The number of imidazole rings is 1. The van der Waals surface area contributed by atoms with Gasteiger partial charge in [-0.25, -0.2) is 4.98 Å². The molecule has 0 saturated heterocycles. The summed E-state index contributed by atoms with van der Waals surface area (Å²) >= 11 is 0. The van der Waals surface area contributed by atoms with Gasteiger partial charge in [-0.2, -0.15) is 0 Å². The number of amides is 2. The van der Waals surface area contributed by atoms with Gasteiger partial charge in [0.05, 0.1) is 11.0 Å². The lowest BCUT2D eigenvalue weighted by atomic mass is 10.1. The van der Waals surface area contributed by atoms with Crippen LogP contribution in [-0.2, 0) is 17.8 Å². The minimum Gasteiger partial charge on any atom is -0.352 e. The van der Waals surface area contributed by atoms with E-state index < -0.39 is 0 Å². The molecule has 3 aromatic rings. The predicted molar refractivity (Wildman–Crippen MR) is 117 cm³/mol. The van der Waals surface area contributed by atoms with Crippen LogP contribution in [0.4, 0.5) is 0 Å². The fourth-order valence-electron chi connectivity index (χ4n) is 4.07. The number of hydrogen-bond donors (Lipinski definition) is 2. The molecule has 1 aliphatic rings. The Balaban J connectivity index is 1.43. The van der Waals surface area contributed by atoms with E-state index in [1.54, 1.807) is 0 Å². The van der Waals surface area contributed by atoms with Crippen LogP contribution in [0.3, 0.4) is 0 Å². The Morgan fingerprint density at radius 2 is 1.80 bits per heavy atom. The lowest BCUT2D eigenvalue weighted by Gasteiger charge is -2.14. The van der Waals surface area contributed by atoms with Crippen LogP contribution >= 0.6 is 0 Å². The van der Waals surface area contributed by atoms with E-state index in [4.69, 9.17) is 4.98 Å². The Hall–Kier alpha value is -3.15. The van der Waals surface area contributed by atoms with Gasteiger partial charge in [0.2, 0.25) is 5.91 Å². The molecule has 6 nitrogen and oxygen atoms in total. The van der Waals surface area contributed by atoms with Gasteiger partial charge < -0.3 is 15.2 Å². The van der Waals surface area contributed by atoms with E-state index in [1.165, 1.54) is 12.8 Å². The van der Waals surface area contributed by atoms with Crippen molar-refractivity contribution in [3.63, 3.8) is 0 Å². The number of aryl methyl sites for hydroxylation is 1. The van der Waals surface area contributed by atoms with E-state index in [0.29, 0.717) is 24.6 Å². The molecular weight excluding hydrogens is 376 g/mol. The van der Waals surface area contributed by atoms with Gasteiger partial charge in [0.15, 0.2) is 0 Å². The minimum atomic E-state index is -0.100. The average Bonchev–Trinajstić information content (AvgIpc) is 3.37. The maximum absolute atomic E-state index is 12.6. The number of rotatable bonds is 7. The summed E-state index contributed by atoms with van der Waals surface area (Å²) in [4.78, 5) is 29.7. The molecule has 0 spiro atoms. The summed E-state index contributed by atoms with van der Waals surface area (Å²) in [5.41, 5.74) is 3.58. The smallest absolute Gasteiger partial charge is 0.251 e. The van der Waals surface area contributed by atoms with E-state index in [-0.39, 0.29) is 18.4 Å². The van der Waals surface area contributed by atoms with Gasteiger partial charge >= 0.3 is 0 Å². The van der Waals surface area contributed by atoms with Crippen molar-refractivity contribution in [2.45, 2.75) is 51.6 Å². The first-order valence-corrected chi connectivity index (χ1v) is 10.7. The highest BCUT2D eigenvalue weighted by Gasteiger charge is 2.19. The van der Waals surface area contributed by atoms with Crippen molar-refractivity contribution in [2.75, 3.05) is 6.54 Å². The molecule has 6 heteroatoms. The standard InChI is InChI=1S/C24H28N4O2/c1-17-10-12-18(13-11-17)24(30)25-15-14-22-27-20-8-4-5-9-21(20)28(22)16-23(29)26-19-6-2-3-7-19/h4-5,8-13,19H,2-3,6-7,14-16H2,1H3,(H,25,30)(H,26,29). The minimum absolute atomic E-state index is 0.0231. The molecule has 2 aromatic carbocycles. The summed E-state index contributed by atoms with van der Waals surface area (Å²) in [7, 11) is 0. The number of carbonyl (C=O) groups excluding carboxylic acids is 2. The van der Waals surface area contributed by atoms with Crippen molar-refractivity contribution < 1.29 is 9.59 Å². The van der Waals surface area contributed by atoms with E-state index in [9.17, 15) is 9.59 Å². The van der Waals surface area contributed by atoms with E-state index in [2.05, 4.69) is 10.6 Å². The SMILES string of the molecule is Cc1ccc(C(=O)NCCc2nc3ccccc3n2CC(=O)NC2CCCC2)cc1. The van der Waals surface area contributed by atoms with Crippen LogP contribution in [0.2, 0.25) is 0 Å². The zero-order valence-electron chi connectivity index (χ0n) is 17.4. The average molecular weight is 405 g/mol. The summed E-state index contributed by atoms with van der Waals surface area (Å²) in [6.45, 7) is 2.70. The van der Waals surface area contributed by atoms with Crippen molar-refractivity contribution in [1.29, 1.82) is 0 Å². The molecule has 4 rings (SSSR count). The Morgan fingerprint density at radius 1 is 1.07 bits per heavy atom. The van der Waals surface area contributed by atoms with Crippen LogP contribution in [0.25, 0.3) is 11.0 Å². The van der Waals surface area contributed by atoms with Gasteiger partial charge in [-0.1, -0.05) is 42.7 Å². The van der Waals surface area contributed by atoms with Crippen molar-refractivity contribution in [3.05, 3.63) is 65.5 Å². The molecule has 2 amide bonds. The van der Waals surface area contributed by atoms with Gasteiger partial charge in [0.25, 0.3) is 5.91 Å². The molecule has 1 aliphatic carbocycles. The van der Waals surface area contributed by atoms with Crippen molar-refractivity contribution in [1.82, 2.24) is 20.2 Å². The van der Waals surface area contributed by atoms with Crippen LogP contribution in [0, 0.1) is 6.92 Å². The first kappa shape index (κ1) is 20.1. The second-order valence-corrected chi connectivity index (χ2v) is 8.02. The van der Waals surface area contributed by atoms with Crippen LogP contribution in [-0.4, -0.2) is 34.0 Å². The second-order valence-electron chi connectivity index (χ2n) is 8.02. The third-order valence-electron chi connectivity index (χ3n) is 5.70. The van der Waals surface area contributed by atoms with E-state index in [1.807, 2.05) is 60.0 Å². The quantitative estimate of drug-likeness (QED) is 0.634. The van der Waals surface area contributed by atoms with Crippen LogP contribution in [0.5, 0.6) is 0 Å². The van der Waals surface area contributed by atoms with Crippen molar-refractivity contribution in [3.8, 4) is 0 Å². The van der Waals surface area contributed by atoms with Gasteiger partial charge in [0.1, 0.15) is 12.4 Å². The molecule has 0 aliphatic heterocycles. The van der Waals surface area contributed by atoms with Gasteiger partial charge in [-0.3, -0.25) is 9.59 Å². The van der Waals surface area contributed by atoms with E-state index >= 15 is 0 Å². The Labute approximate surface area is 176 Å². The molecule has 0 unspecified atom stereocenters. The zero-order chi connectivity index (χ0) is 20.9. The number of benzene rings is 2. The number of hydrogen-bond acceptors (Lipinski definition) is 3. The van der Waals surface area contributed by atoms with Gasteiger partial charge in [-0.05, 0) is 44.0 Å². The predicted octanol–water partition coefficient (Wildman–Crippen LogP) is 3.38. The fourth-order valence-corrected chi connectivity index (χ4v) is 4.07. The Morgan fingerprint density at radius 3 is 2.57 bits per heavy atom. The molecule has 30 heavy (non-hydrogen) atoms. The summed E-state index contributed by atoms with van der Waals surface area (Å²) in [5, 5.41) is 6.11. The lowest BCUT2D eigenvalue weighted by molar-refractivity contribution is -0.122. The number of para-hydroxylation sites is 2. The zero-order valence-corrected chi connectivity index (χ0v) is 17.4. The van der Waals surface area contributed by atoms with Crippen molar-refractivity contribution >= 4 is 22.8 Å². The van der Waals surface area contributed by atoms with Gasteiger partial charge in [-0.15, -0.1) is 0 Å². The normalized spacial score (nSPS) is 14.2. The third-order valence-corrected chi connectivity index (χ3v) is 5.70. The molecule has 2 N–H and O–H groups in total. The first-order valence-electron chi connectivity index (χ1n) is 10.7. The highest BCUT2D eigenvalue weighted by molar-refractivity contribution is 5.94. The van der Waals surface area contributed by atoms with Gasteiger partial charge in [0, 0.05) is 24.6 Å². The molecule has 0 bridgehead atoms.